The number of rotatable bonds is 6. The Balaban J connectivity index is 1.74. The predicted octanol–water partition coefficient (Wildman–Crippen LogP) is 5.07. The lowest BCUT2D eigenvalue weighted by Gasteiger charge is -2.09. The summed E-state index contributed by atoms with van der Waals surface area (Å²) in [6.07, 6.45) is 5.45. The molecule has 0 saturated heterocycles. The van der Waals surface area contributed by atoms with Crippen molar-refractivity contribution in [2.75, 3.05) is 7.11 Å². The van der Waals surface area contributed by atoms with Crippen LogP contribution in [0.4, 0.5) is 0 Å². The molecule has 0 unspecified atom stereocenters. The van der Waals surface area contributed by atoms with Crippen molar-refractivity contribution in [2.24, 2.45) is 5.10 Å². The molecular formula is C22H19BrN4O2S. The smallest absolute Gasteiger partial charge is 0.283 e. The Morgan fingerprint density at radius 3 is 2.73 bits per heavy atom. The molecule has 0 bridgehead atoms. The van der Waals surface area contributed by atoms with E-state index in [0.29, 0.717) is 11.5 Å². The van der Waals surface area contributed by atoms with E-state index in [4.69, 9.17) is 4.74 Å². The quantitative estimate of drug-likeness (QED) is 0.308. The van der Waals surface area contributed by atoms with E-state index in [2.05, 4.69) is 31.4 Å². The van der Waals surface area contributed by atoms with Crippen LogP contribution >= 0.6 is 27.3 Å². The van der Waals surface area contributed by atoms with Crippen LogP contribution in [0.25, 0.3) is 15.9 Å². The molecule has 8 heteroatoms. The van der Waals surface area contributed by atoms with Crippen LogP contribution in [-0.4, -0.2) is 28.8 Å². The van der Waals surface area contributed by atoms with E-state index < -0.39 is 0 Å². The normalized spacial score (nSPS) is 11.4. The van der Waals surface area contributed by atoms with Crippen LogP contribution in [0, 0.1) is 6.92 Å². The third kappa shape index (κ3) is 4.21. The number of methoxy groups -OCH3 is 1. The first-order chi connectivity index (χ1) is 14.6. The molecule has 1 aromatic carbocycles. The summed E-state index contributed by atoms with van der Waals surface area (Å²) in [7, 11) is 1.66. The molecule has 6 nitrogen and oxygen atoms in total. The van der Waals surface area contributed by atoms with Gasteiger partial charge in [0, 0.05) is 35.1 Å². The van der Waals surface area contributed by atoms with Gasteiger partial charge in [-0.25, -0.2) is 10.4 Å². The minimum absolute atomic E-state index is 0.281. The number of carbonyl (C=O) groups is 1. The van der Waals surface area contributed by atoms with Gasteiger partial charge in [0.05, 0.1) is 18.5 Å². The first kappa shape index (κ1) is 20.5. The van der Waals surface area contributed by atoms with E-state index in [-0.39, 0.29) is 5.91 Å². The number of hydrazone groups is 1. The van der Waals surface area contributed by atoms with Crippen LogP contribution in [0.2, 0.25) is 0 Å². The minimum Gasteiger partial charge on any atom is -0.380 e. The monoisotopic (exact) mass is 482 g/mol. The highest BCUT2D eigenvalue weighted by atomic mass is 79.9. The molecule has 3 aromatic heterocycles. The Bertz CT molecular complexity index is 1210. The molecule has 0 fully saturated rings. The van der Waals surface area contributed by atoms with Crippen LogP contribution in [0.3, 0.4) is 0 Å². The molecule has 0 spiro atoms. The van der Waals surface area contributed by atoms with Gasteiger partial charge in [0.15, 0.2) is 0 Å². The van der Waals surface area contributed by atoms with Gasteiger partial charge in [0.25, 0.3) is 5.91 Å². The van der Waals surface area contributed by atoms with Crippen molar-refractivity contribution in [1.82, 2.24) is 15.0 Å². The number of pyridine rings is 1. The third-order valence-corrected chi connectivity index (χ3v) is 6.07. The third-order valence-electron chi connectivity index (χ3n) is 4.47. The zero-order chi connectivity index (χ0) is 21.1. The topological polar surface area (TPSA) is 68.5 Å². The van der Waals surface area contributed by atoms with Gasteiger partial charge in [-0.1, -0.05) is 28.1 Å². The van der Waals surface area contributed by atoms with E-state index in [0.717, 1.165) is 37.2 Å². The Morgan fingerprint density at radius 1 is 1.30 bits per heavy atom. The first-order valence-electron chi connectivity index (χ1n) is 9.21. The van der Waals surface area contributed by atoms with Crippen molar-refractivity contribution < 1.29 is 9.53 Å². The number of benzene rings is 1. The zero-order valence-electron chi connectivity index (χ0n) is 16.4. The maximum atomic E-state index is 13.0. The summed E-state index contributed by atoms with van der Waals surface area (Å²) in [5.74, 6) is -0.281. The number of nitrogens with zero attached hydrogens (tertiary/aromatic N) is 3. The lowest BCUT2D eigenvalue weighted by atomic mass is 10.1. The number of hydrogen-bond donors (Lipinski definition) is 1. The number of carbonyl (C=O) groups excluding carboxylic acids is 1. The lowest BCUT2D eigenvalue weighted by Crippen LogP contribution is -2.18. The number of thiophene rings is 1. The minimum atomic E-state index is -0.281. The van der Waals surface area contributed by atoms with Crippen molar-refractivity contribution in [3.8, 4) is 5.69 Å². The van der Waals surface area contributed by atoms with Crippen molar-refractivity contribution >= 4 is 49.6 Å². The highest BCUT2D eigenvalue weighted by Crippen LogP contribution is 2.36. The number of ether oxygens (including phenoxy) is 1. The van der Waals surface area contributed by atoms with E-state index in [9.17, 15) is 4.79 Å². The molecule has 0 saturated carbocycles. The number of fused-ring (bicyclic) bond motifs is 1. The summed E-state index contributed by atoms with van der Waals surface area (Å²) in [5, 5.41) is 5.05. The van der Waals surface area contributed by atoms with Crippen molar-refractivity contribution in [2.45, 2.75) is 13.5 Å². The SMILES string of the molecule is COCc1cc(C)nc2sc(C(=O)NN=Cc3ccc(Br)cc3)c(-n3cccc3)c12. The molecule has 1 amide bonds. The van der Waals surface area contributed by atoms with Gasteiger partial charge in [-0.3, -0.25) is 4.79 Å². The molecular weight excluding hydrogens is 464 g/mol. The standard InChI is InChI=1S/C22H19BrN4O2S/c1-14-11-16(13-29-2)18-19(27-9-3-4-10-27)20(30-22(18)25-14)21(28)26-24-12-15-5-7-17(23)8-6-15/h3-12H,13H2,1-2H3,(H,26,28). The summed E-state index contributed by atoms with van der Waals surface area (Å²) >= 11 is 4.76. The molecule has 0 radical (unpaired) electrons. The van der Waals surface area contributed by atoms with Gasteiger partial charge in [-0.15, -0.1) is 11.3 Å². The molecule has 0 atom stereocenters. The number of hydrogen-bond acceptors (Lipinski definition) is 5. The average Bonchev–Trinajstić information content (AvgIpc) is 3.37. The van der Waals surface area contributed by atoms with E-state index in [1.54, 1.807) is 13.3 Å². The molecule has 3 heterocycles. The molecule has 152 valence electrons. The number of aromatic nitrogens is 2. The van der Waals surface area contributed by atoms with Crippen LogP contribution in [0.15, 0.2) is 64.4 Å². The zero-order valence-corrected chi connectivity index (χ0v) is 18.8. The number of nitrogens with one attached hydrogen (secondary N) is 1. The Morgan fingerprint density at radius 2 is 2.03 bits per heavy atom. The maximum absolute atomic E-state index is 13.0. The fourth-order valence-corrected chi connectivity index (χ4v) is 4.63. The van der Waals surface area contributed by atoms with Gasteiger partial charge in [-0.05, 0) is 48.4 Å². The molecule has 0 aliphatic rings. The van der Waals surface area contributed by atoms with Gasteiger partial charge in [-0.2, -0.15) is 5.10 Å². The van der Waals surface area contributed by atoms with Crippen molar-refractivity contribution in [3.63, 3.8) is 0 Å². The fraction of sp³-hybridized carbons (Fsp3) is 0.136. The Kier molecular flexibility index (Phi) is 6.08. The summed E-state index contributed by atoms with van der Waals surface area (Å²) < 4.78 is 8.31. The predicted molar refractivity (Wildman–Crippen MR) is 124 cm³/mol. The molecule has 30 heavy (non-hydrogen) atoms. The van der Waals surface area contributed by atoms with Gasteiger partial charge in [0.1, 0.15) is 9.71 Å². The van der Waals surface area contributed by atoms with Gasteiger partial charge >= 0.3 is 0 Å². The van der Waals surface area contributed by atoms with E-state index in [1.807, 2.05) is 66.3 Å². The van der Waals surface area contributed by atoms with Crippen LogP contribution < -0.4 is 5.43 Å². The van der Waals surface area contributed by atoms with Crippen LogP contribution in [-0.2, 0) is 11.3 Å². The summed E-state index contributed by atoms with van der Waals surface area (Å²) in [4.78, 5) is 19.0. The fourth-order valence-electron chi connectivity index (χ4n) is 3.21. The van der Waals surface area contributed by atoms with Crippen LogP contribution in [0.1, 0.15) is 26.5 Å². The Labute approximate surface area is 186 Å². The lowest BCUT2D eigenvalue weighted by molar-refractivity contribution is 0.0959. The van der Waals surface area contributed by atoms with Gasteiger partial charge in [0.2, 0.25) is 0 Å². The largest absolute Gasteiger partial charge is 0.380 e. The molecule has 0 aliphatic carbocycles. The summed E-state index contributed by atoms with van der Waals surface area (Å²) in [6, 6.07) is 13.5. The second kappa shape index (κ2) is 8.91. The highest BCUT2D eigenvalue weighted by molar-refractivity contribution is 9.10. The Hall–Kier alpha value is -2.81. The molecule has 1 N–H and O–H groups in total. The first-order valence-corrected chi connectivity index (χ1v) is 10.8. The highest BCUT2D eigenvalue weighted by Gasteiger charge is 2.23. The molecule has 0 aliphatic heterocycles. The van der Waals surface area contributed by atoms with Gasteiger partial charge < -0.3 is 9.30 Å². The maximum Gasteiger partial charge on any atom is 0.283 e. The summed E-state index contributed by atoms with van der Waals surface area (Å²) in [6.45, 7) is 2.38. The second-order valence-electron chi connectivity index (χ2n) is 6.66. The molecule has 4 aromatic rings. The van der Waals surface area contributed by atoms with Crippen molar-refractivity contribution in [1.29, 1.82) is 0 Å². The average molecular weight is 483 g/mol. The number of amides is 1. The second-order valence-corrected chi connectivity index (χ2v) is 8.57. The summed E-state index contributed by atoms with van der Waals surface area (Å²) in [5.41, 5.74) is 6.21. The number of aryl methyl sites for hydroxylation is 1. The van der Waals surface area contributed by atoms with E-state index >= 15 is 0 Å². The van der Waals surface area contributed by atoms with Crippen LogP contribution in [0.5, 0.6) is 0 Å². The van der Waals surface area contributed by atoms with E-state index in [1.165, 1.54) is 11.3 Å². The molecule has 4 rings (SSSR count). The van der Waals surface area contributed by atoms with Crippen molar-refractivity contribution in [3.05, 3.63) is 81.0 Å². The number of halogens is 1.